The molecule has 0 amide bonds. The fourth-order valence-corrected chi connectivity index (χ4v) is 3.41. The Hall–Kier alpha value is -2.34. The van der Waals surface area contributed by atoms with Crippen molar-refractivity contribution in [2.45, 2.75) is 38.8 Å². The summed E-state index contributed by atoms with van der Waals surface area (Å²) in [6.45, 7) is 5.99. The van der Waals surface area contributed by atoms with Crippen molar-refractivity contribution < 1.29 is 0 Å². The van der Waals surface area contributed by atoms with Gasteiger partial charge < -0.3 is 15.1 Å². The van der Waals surface area contributed by atoms with Crippen LogP contribution in [0.15, 0.2) is 41.5 Å². The quantitative estimate of drug-likeness (QED) is 0.562. The van der Waals surface area contributed by atoms with Gasteiger partial charge in [-0.2, -0.15) is 5.10 Å². The maximum atomic E-state index is 4.62. The number of likely N-dealkylation sites (N-methyl/N-ethyl adjacent to an activating group) is 1. The van der Waals surface area contributed by atoms with E-state index in [4.69, 9.17) is 0 Å². The van der Waals surface area contributed by atoms with Gasteiger partial charge in [0.25, 0.3) is 0 Å². The minimum Gasteiger partial charge on any atom is -0.355 e. The van der Waals surface area contributed by atoms with Gasteiger partial charge in [0.1, 0.15) is 0 Å². The van der Waals surface area contributed by atoms with Crippen LogP contribution in [0.25, 0.3) is 0 Å². The van der Waals surface area contributed by atoms with Crippen LogP contribution >= 0.6 is 0 Å². The second-order valence-electron chi connectivity index (χ2n) is 7.96. The predicted octanol–water partition coefficient (Wildman–Crippen LogP) is 2.72. The molecular weight excluding hydrogens is 348 g/mol. The van der Waals surface area contributed by atoms with Crippen LogP contribution in [-0.4, -0.2) is 66.3 Å². The number of aryl methyl sites for hydroxylation is 1. The second-order valence-corrected chi connectivity index (χ2v) is 7.96. The maximum Gasteiger partial charge on any atom is 0.193 e. The summed E-state index contributed by atoms with van der Waals surface area (Å²) in [6.07, 6.45) is 3.11. The fourth-order valence-electron chi connectivity index (χ4n) is 3.41. The zero-order valence-corrected chi connectivity index (χ0v) is 18.5. The molecule has 28 heavy (non-hydrogen) atoms. The van der Waals surface area contributed by atoms with E-state index in [1.807, 2.05) is 18.8 Å². The van der Waals surface area contributed by atoms with Crippen LogP contribution in [-0.2, 0) is 20.0 Å². The molecule has 2 aromatic rings. The van der Waals surface area contributed by atoms with Crippen molar-refractivity contribution in [3.05, 3.63) is 53.3 Å². The highest BCUT2D eigenvalue weighted by molar-refractivity contribution is 5.79. The van der Waals surface area contributed by atoms with Gasteiger partial charge in [-0.05, 0) is 32.0 Å². The summed E-state index contributed by atoms with van der Waals surface area (Å²) >= 11 is 0. The lowest BCUT2D eigenvalue weighted by atomic mass is 10.1. The van der Waals surface area contributed by atoms with Crippen molar-refractivity contribution in [1.29, 1.82) is 0 Å². The number of hydrogen-bond donors (Lipinski definition) is 1. The zero-order valence-electron chi connectivity index (χ0n) is 18.5. The van der Waals surface area contributed by atoms with Gasteiger partial charge in [0.15, 0.2) is 5.96 Å². The highest BCUT2D eigenvalue weighted by Crippen LogP contribution is 2.18. The van der Waals surface area contributed by atoms with Gasteiger partial charge in [-0.3, -0.25) is 9.67 Å². The van der Waals surface area contributed by atoms with Crippen molar-refractivity contribution in [3.63, 3.8) is 0 Å². The smallest absolute Gasteiger partial charge is 0.193 e. The summed E-state index contributed by atoms with van der Waals surface area (Å²) in [7, 11) is 10.2. The molecule has 0 spiro atoms. The highest BCUT2D eigenvalue weighted by atomic mass is 15.3. The number of hydrogen-bond acceptors (Lipinski definition) is 3. The van der Waals surface area contributed by atoms with Crippen LogP contribution in [0.2, 0.25) is 0 Å². The van der Waals surface area contributed by atoms with Crippen LogP contribution in [0.1, 0.15) is 36.6 Å². The van der Waals surface area contributed by atoms with E-state index in [0.717, 1.165) is 31.2 Å². The Kier molecular flexibility index (Phi) is 8.05. The minimum atomic E-state index is 0.386. The van der Waals surface area contributed by atoms with E-state index in [1.165, 1.54) is 11.1 Å². The molecule has 0 saturated carbocycles. The Labute approximate surface area is 170 Å². The molecule has 0 saturated heterocycles. The van der Waals surface area contributed by atoms with Crippen molar-refractivity contribution in [2.75, 3.05) is 34.7 Å². The maximum absolute atomic E-state index is 4.62. The van der Waals surface area contributed by atoms with E-state index < -0.39 is 0 Å². The van der Waals surface area contributed by atoms with Gasteiger partial charge in [0.2, 0.25) is 0 Å². The van der Waals surface area contributed by atoms with E-state index in [9.17, 15) is 0 Å². The Morgan fingerprint density at radius 3 is 2.43 bits per heavy atom. The van der Waals surface area contributed by atoms with E-state index in [-0.39, 0.29) is 0 Å². The lowest BCUT2D eigenvalue weighted by Gasteiger charge is -2.28. The Bertz CT molecular complexity index is 748. The van der Waals surface area contributed by atoms with Gasteiger partial charge >= 0.3 is 0 Å². The Balaban J connectivity index is 2.00. The molecule has 1 heterocycles. The van der Waals surface area contributed by atoms with E-state index in [1.54, 1.807) is 0 Å². The van der Waals surface area contributed by atoms with Crippen molar-refractivity contribution >= 4 is 5.96 Å². The second kappa shape index (κ2) is 10.3. The monoisotopic (exact) mass is 384 g/mol. The fraction of sp³-hybridized carbons (Fsp3) is 0.545. The van der Waals surface area contributed by atoms with Gasteiger partial charge in [0, 0.05) is 52.0 Å². The van der Waals surface area contributed by atoms with Crippen molar-refractivity contribution in [2.24, 2.45) is 12.0 Å². The Morgan fingerprint density at radius 2 is 1.86 bits per heavy atom. The molecular formula is C22H36N6. The molecule has 0 radical (unpaired) electrons. The third-order valence-corrected chi connectivity index (χ3v) is 5.01. The summed E-state index contributed by atoms with van der Waals surface area (Å²) in [6, 6.07) is 11.0. The molecule has 1 atom stereocenters. The molecule has 6 nitrogen and oxygen atoms in total. The van der Waals surface area contributed by atoms with Gasteiger partial charge in [0.05, 0.1) is 5.69 Å². The summed E-state index contributed by atoms with van der Waals surface area (Å²) < 4.78 is 1.90. The molecule has 0 bridgehead atoms. The molecule has 1 aromatic carbocycles. The molecule has 154 valence electrons. The number of nitrogens with one attached hydrogen (secondary N) is 1. The van der Waals surface area contributed by atoms with Gasteiger partial charge in [-0.1, -0.05) is 44.2 Å². The summed E-state index contributed by atoms with van der Waals surface area (Å²) in [4.78, 5) is 8.92. The third kappa shape index (κ3) is 6.09. The molecule has 0 aliphatic heterocycles. The molecule has 0 aliphatic carbocycles. The van der Waals surface area contributed by atoms with Crippen LogP contribution < -0.4 is 5.32 Å². The van der Waals surface area contributed by atoms with Crippen molar-refractivity contribution in [3.8, 4) is 0 Å². The topological polar surface area (TPSA) is 48.7 Å². The number of guanidine groups is 1. The first-order valence-electron chi connectivity index (χ1n) is 9.96. The first kappa shape index (κ1) is 22.0. The van der Waals surface area contributed by atoms with Crippen LogP contribution in [0.3, 0.4) is 0 Å². The van der Waals surface area contributed by atoms with E-state index in [2.05, 4.69) is 96.7 Å². The first-order valence-corrected chi connectivity index (χ1v) is 9.96. The minimum absolute atomic E-state index is 0.386. The third-order valence-electron chi connectivity index (χ3n) is 5.01. The van der Waals surface area contributed by atoms with Gasteiger partial charge in [-0.25, -0.2) is 0 Å². The van der Waals surface area contributed by atoms with Crippen molar-refractivity contribution in [1.82, 2.24) is 24.9 Å². The number of benzene rings is 1. The molecule has 0 aliphatic rings. The Morgan fingerprint density at radius 1 is 1.18 bits per heavy atom. The average Bonchev–Trinajstić information content (AvgIpc) is 3.02. The molecule has 1 N–H and O–H groups in total. The summed E-state index contributed by atoms with van der Waals surface area (Å²) in [5, 5.41) is 8.17. The van der Waals surface area contributed by atoms with Crippen LogP contribution in [0.5, 0.6) is 0 Å². The summed E-state index contributed by atoms with van der Waals surface area (Å²) in [5.41, 5.74) is 3.75. The van der Waals surface area contributed by atoms with Crippen LogP contribution in [0, 0.1) is 0 Å². The predicted molar refractivity (Wildman–Crippen MR) is 118 cm³/mol. The average molecular weight is 385 g/mol. The SMILES string of the molecule is CN=C(NCC(Cc1ccccc1)N(C)C)N(C)Cc1cn(C)nc1C(C)C. The first-order chi connectivity index (χ1) is 13.3. The molecule has 2 rings (SSSR count). The molecule has 1 unspecified atom stereocenters. The van der Waals surface area contributed by atoms with E-state index in [0.29, 0.717) is 12.0 Å². The normalized spacial score (nSPS) is 13.2. The largest absolute Gasteiger partial charge is 0.355 e. The van der Waals surface area contributed by atoms with Crippen LogP contribution in [0.4, 0.5) is 0 Å². The molecule has 6 heteroatoms. The molecule has 0 fully saturated rings. The number of rotatable bonds is 8. The zero-order chi connectivity index (χ0) is 20.7. The number of aliphatic imine (C=N–C) groups is 1. The number of nitrogens with zero attached hydrogens (tertiary/aromatic N) is 5. The lowest BCUT2D eigenvalue weighted by Crippen LogP contribution is -2.46. The highest BCUT2D eigenvalue weighted by Gasteiger charge is 2.17. The van der Waals surface area contributed by atoms with Gasteiger partial charge in [-0.15, -0.1) is 0 Å². The van der Waals surface area contributed by atoms with E-state index >= 15 is 0 Å². The number of aromatic nitrogens is 2. The lowest BCUT2D eigenvalue weighted by molar-refractivity contribution is 0.287. The standard InChI is InChI=1S/C22H36N6/c1-17(2)21-19(16-28(7)25-21)15-27(6)22(23-3)24-14-20(26(4)5)13-18-11-9-8-10-12-18/h8-12,16-17,20H,13-15H2,1-7H3,(H,23,24). The summed E-state index contributed by atoms with van der Waals surface area (Å²) in [5.74, 6) is 1.31. The molecule has 1 aromatic heterocycles.